The SMILES string of the molecule is CS(=O)(=O)c1ccc(Cl)c(NC(=O)CCc2c[nH]c3ccccc23)c1. The van der Waals surface area contributed by atoms with Gasteiger partial charge in [-0.05, 0) is 36.2 Å². The zero-order valence-corrected chi connectivity index (χ0v) is 15.1. The van der Waals surface area contributed by atoms with E-state index in [0.29, 0.717) is 17.1 Å². The van der Waals surface area contributed by atoms with Gasteiger partial charge in [-0.3, -0.25) is 4.79 Å². The Bertz CT molecular complexity index is 1040. The molecular formula is C18H17ClN2O3S. The molecule has 130 valence electrons. The Morgan fingerprint density at radius 1 is 1.20 bits per heavy atom. The molecule has 0 spiro atoms. The van der Waals surface area contributed by atoms with Gasteiger partial charge in [0.25, 0.3) is 0 Å². The van der Waals surface area contributed by atoms with Gasteiger partial charge in [-0.1, -0.05) is 29.8 Å². The fourth-order valence-electron chi connectivity index (χ4n) is 2.63. The average Bonchev–Trinajstić information content (AvgIpc) is 2.97. The van der Waals surface area contributed by atoms with Crippen molar-refractivity contribution in [3.8, 4) is 0 Å². The zero-order chi connectivity index (χ0) is 18.0. The first-order valence-electron chi connectivity index (χ1n) is 7.69. The molecule has 0 radical (unpaired) electrons. The van der Waals surface area contributed by atoms with E-state index in [4.69, 9.17) is 11.6 Å². The van der Waals surface area contributed by atoms with E-state index in [9.17, 15) is 13.2 Å². The van der Waals surface area contributed by atoms with Crippen molar-refractivity contribution in [1.82, 2.24) is 4.98 Å². The van der Waals surface area contributed by atoms with Crippen LogP contribution in [0.5, 0.6) is 0 Å². The summed E-state index contributed by atoms with van der Waals surface area (Å²) in [6.07, 6.45) is 3.84. The Hall–Kier alpha value is -2.31. The zero-order valence-electron chi connectivity index (χ0n) is 13.5. The molecule has 2 N–H and O–H groups in total. The quantitative estimate of drug-likeness (QED) is 0.710. The van der Waals surface area contributed by atoms with Gasteiger partial charge in [0.2, 0.25) is 5.91 Å². The number of aromatic amines is 1. The largest absolute Gasteiger partial charge is 0.361 e. The summed E-state index contributed by atoms with van der Waals surface area (Å²) in [5.74, 6) is -0.224. The van der Waals surface area contributed by atoms with Crippen molar-refractivity contribution in [2.75, 3.05) is 11.6 Å². The number of halogens is 1. The highest BCUT2D eigenvalue weighted by atomic mass is 35.5. The maximum absolute atomic E-state index is 12.2. The maximum Gasteiger partial charge on any atom is 0.224 e. The molecule has 0 aliphatic rings. The van der Waals surface area contributed by atoms with Gasteiger partial charge in [0.15, 0.2) is 9.84 Å². The van der Waals surface area contributed by atoms with E-state index in [2.05, 4.69) is 10.3 Å². The van der Waals surface area contributed by atoms with Crippen LogP contribution in [0.3, 0.4) is 0 Å². The molecule has 2 aromatic carbocycles. The van der Waals surface area contributed by atoms with Gasteiger partial charge in [-0.25, -0.2) is 8.42 Å². The number of amides is 1. The highest BCUT2D eigenvalue weighted by molar-refractivity contribution is 7.90. The van der Waals surface area contributed by atoms with Crippen molar-refractivity contribution >= 4 is 43.9 Å². The predicted molar refractivity (Wildman–Crippen MR) is 99.8 cm³/mol. The standard InChI is InChI=1S/C18H17ClN2O3S/c1-25(23,24)13-7-8-15(19)17(10-13)21-18(22)9-6-12-11-20-16-5-3-2-4-14(12)16/h2-5,7-8,10-11,20H,6,9H2,1H3,(H,21,22). The summed E-state index contributed by atoms with van der Waals surface area (Å²) in [6, 6.07) is 12.1. The first-order valence-corrected chi connectivity index (χ1v) is 9.96. The van der Waals surface area contributed by atoms with Crippen molar-refractivity contribution in [3.05, 3.63) is 59.2 Å². The Morgan fingerprint density at radius 3 is 2.72 bits per heavy atom. The summed E-state index contributed by atoms with van der Waals surface area (Å²) in [4.78, 5) is 15.5. The smallest absolute Gasteiger partial charge is 0.224 e. The fourth-order valence-corrected chi connectivity index (χ4v) is 3.44. The van der Waals surface area contributed by atoms with Gasteiger partial charge in [0.1, 0.15) is 0 Å². The number of anilines is 1. The van der Waals surface area contributed by atoms with Gasteiger partial charge in [0.05, 0.1) is 15.6 Å². The van der Waals surface area contributed by atoms with Crippen LogP contribution >= 0.6 is 11.6 Å². The topological polar surface area (TPSA) is 79.0 Å². The first-order chi connectivity index (χ1) is 11.8. The van der Waals surface area contributed by atoms with Crippen LogP contribution in [-0.4, -0.2) is 25.6 Å². The number of benzene rings is 2. The second kappa shape index (κ2) is 6.90. The average molecular weight is 377 g/mol. The highest BCUT2D eigenvalue weighted by Crippen LogP contribution is 2.26. The van der Waals surface area contributed by atoms with E-state index in [1.54, 1.807) is 0 Å². The number of hydrogen-bond acceptors (Lipinski definition) is 3. The Kier molecular flexibility index (Phi) is 4.83. The van der Waals surface area contributed by atoms with E-state index in [1.807, 2.05) is 30.5 Å². The van der Waals surface area contributed by atoms with E-state index >= 15 is 0 Å². The van der Waals surface area contributed by atoms with E-state index in [0.717, 1.165) is 22.7 Å². The molecule has 3 rings (SSSR count). The van der Waals surface area contributed by atoms with E-state index in [-0.39, 0.29) is 17.2 Å². The maximum atomic E-state index is 12.2. The van der Waals surface area contributed by atoms with Crippen LogP contribution in [0, 0.1) is 0 Å². The Balaban J connectivity index is 1.71. The number of nitrogens with one attached hydrogen (secondary N) is 2. The lowest BCUT2D eigenvalue weighted by Gasteiger charge is -2.09. The van der Waals surface area contributed by atoms with Gasteiger partial charge >= 0.3 is 0 Å². The molecule has 0 fully saturated rings. The molecule has 0 atom stereocenters. The van der Waals surface area contributed by atoms with Crippen LogP contribution in [-0.2, 0) is 21.1 Å². The minimum absolute atomic E-state index is 0.115. The third-order valence-electron chi connectivity index (χ3n) is 3.94. The first kappa shape index (κ1) is 17.5. The number of hydrogen-bond donors (Lipinski definition) is 2. The molecule has 3 aromatic rings. The summed E-state index contributed by atoms with van der Waals surface area (Å²) in [5.41, 5.74) is 2.39. The van der Waals surface area contributed by atoms with Crippen molar-refractivity contribution in [2.24, 2.45) is 0 Å². The van der Waals surface area contributed by atoms with Crippen LogP contribution in [0.25, 0.3) is 10.9 Å². The number of aromatic nitrogens is 1. The lowest BCUT2D eigenvalue weighted by molar-refractivity contribution is -0.116. The van der Waals surface area contributed by atoms with Gasteiger partial charge < -0.3 is 10.3 Å². The second-order valence-electron chi connectivity index (χ2n) is 5.82. The van der Waals surface area contributed by atoms with Crippen molar-refractivity contribution in [3.63, 3.8) is 0 Å². The number of carbonyl (C=O) groups excluding carboxylic acids is 1. The summed E-state index contributed by atoms with van der Waals surface area (Å²) < 4.78 is 23.3. The second-order valence-corrected chi connectivity index (χ2v) is 8.24. The lowest BCUT2D eigenvalue weighted by Crippen LogP contribution is -2.13. The Labute approximate surface area is 150 Å². The van der Waals surface area contributed by atoms with Crippen LogP contribution < -0.4 is 5.32 Å². The Morgan fingerprint density at radius 2 is 1.96 bits per heavy atom. The molecular weight excluding hydrogens is 360 g/mol. The van der Waals surface area contributed by atoms with Crippen molar-refractivity contribution in [1.29, 1.82) is 0 Å². The fraction of sp³-hybridized carbons (Fsp3) is 0.167. The van der Waals surface area contributed by atoms with Gasteiger partial charge in [-0.15, -0.1) is 0 Å². The molecule has 1 aromatic heterocycles. The predicted octanol–water partition coefficient (Wildman–Crippen LogP) is 3.80. The molecule has 1 heterocycles. The number of aryl methyl sites for hydroxylation is 1. The molecule has 0 aliphatic heterocycles. The molecule has 1 amide bonds. The number of H-pyrrole nitrogens is 1. The lowest BCUT2D eigenvalue weighted by atomic mass is 10.1. The van der Waals surface area contributed by atoms with Crippen LogP contribution in [0.2, 0.25) is 5.02 Å². The normalized spacial score (nSPS) is 11.6. The van der Waals surface area contributed by atoms with Gasteiger partial charge in [0, 0.05) is 29.8 Å². The molecule has 7 heteroatoms. The third-order valence-corrected chi connectivity index (χ3v) is 5.38. The van der Waals surface area contributed by atoms with Crippen molar-refractivity contribution in [2.45, 2.75) is 17.7 Å². The van der Waals surface area contributed by atoms with Crippen LogP contribution in [0.1, 0.15) is 12.0 Å². The van der Waals surface area contributed by atoms with Crippen molar-refractivity contribution < 1.29 is 13.2 Å². The summed E-state index contributed by atoms with van der Waals surface area (Å²) >= 11 is 6.05. The molecule has 25 heavy (non-hydrogen) atoms. The number of fused-ring (bicyclic) bond motifs is 1. The molecule has 5 nitrogen and oxygen atoms in total. The number of para-hydroxylation sites is 1. The molecule has 0 saturated carbocycles. The summed E-state index contributed by atoms with van der Waals surface area (Å²) in [7, 11) is -3.36. The number of rotatable bonds is 5. The summed E-state index contributed by atoms with van der Waals surface area (Å²) in [5, 5.41) is 4.08. The summed E-state index contributed by atoms with van der Waals surface area (Å²) in [6.45, 7) is 0. The van der Waals surface area contributed by atoms with Crippen LogP contribution in [0.4, 0.5) is 5.69 Å². The molecule has 0 unspecified atom stereocenters. The minimum Gasteiger partial charge on any atom is -0.361 e. The monoisotopic (exact) mass is 376 g/mol. The highest BCUT2D eigenvalue weighted by Gasteiger charge is 2.13. The number of carbonyl (C=O) groups is 1. The molecule has 0 saturated heterocycles. The minimum atomic E-state index is -3.36. The number of sulfone groups is 1. The van der Waals surface area contributed by atoms with Gasteiger partial charge in [-0.2, -0.15) is 0 Å². The van der Waals surface area contributed by atoms with E-state index in [1.165, 1.54) is 18.2 Å². The molecule has 0 bridgehead atoms. The third kappa shape index (κ3) is 4.03. The molecule has 0 aliphatic carbocycles. The van der Waals surface area contributed by atoms with E-state index < -0.39 is 9.84 Å². The van der Waals surface area contributed by atoms with Crippen LogP contribution in [0.15, 0.2) is 53.6 Å².